The SMILES string of the molecule is CC(C)(C)OC(=O)N1CCN2Cc3cc(F)c(-c4c(F)cccc4CO)c(F)c3OC[C@H]2C1. The van der Waals surface area contributed by atoms with E-state index in [0.29, 0.717) is 25.2 Å². The predicted molar refractivity (Wildman–Crippen MR) is 115 cm³/mol. The summed E-state index contributed by atoms with van der Waals surface area (Å²) in [5.74, 6) is -2.91. The quantitative estimate of drug-likeness (QED) is 0.726. The van der Waals surface area contributed by atoms with E-state index in [9.17, 15) is 14.3 Å². The molecule has 0 aromatic heterocycles. The molecule has 0 bridgehead atoms. The lowest BCUT2D eigenvalue weighted by Crippen LogP contribution is -2.56. The maximum atomic E-state index is 15.5. The van der Waals surface area contributed by atoms with Crippen molar-refractivity contribution in [1.29, 1.82) is 0 Å². The van der Waals surface area contributed by atoms with Gasteiger partial charge in [0, 0.05) is 37.3 Å². The number of benzene rings is 2. The molecule has 0 spiro atoms. The van der Waals surface area contributed by atoms with Crippen LogP contribution < -0.4 is 4.74 Å². The third-order valence-electron chi connectivity index (χ3n) is 5.82. The van der Waals surface area contributed by atoms with Crippen LogP contribution in [0.3, 0.4) is 0 Å². The van der Waals surface area contributed by atoms with Gasteiger partial charge in [-0.3, -0.25) is 4.90 Å². The van der Waals surface area contributed by atoms with Crippen LogP contribution in [0.5, 0.6) is 5.75 Å². The van der Waals surface area contributed by atoms with Gasteiger partial charge in [-0.1, -0.05) is 12.1 Å². The lowest BCUT2D eigenvalue weighted by Gasteiger charge is -2.40. The van der Waals surface area contributed by atoms with E-state index in [2.05, 4.69) is 0 Å². The number of carbonyl (C=O) groups excluding carboxylic acids is 1. The maximum Gasteiger partial charge on any atom is 0.410 e. The number of halogens is 3. The monoisotopic (exact) mass is 464 g/mol. The van der Waals surface area contributed by atoms with E-state index in [1.165, 1.54) is 12.1 Å². The molecule has 0 radical (unpaired) electrons. The molecular weight excluding hydrogens is 437 g/mol. The molecule has 0 aliphatic carbocycles. The Morgan fingerprint density at radius 3 is 2.64 bits per heavy atom. The predicted octanol–water partition coefficient (Wildman–Crippen LogP) is 4.08. The Balaban J connectivity index is 1.63. The molecule has 2 aliphatic heterocycles. The van der Waals surface area contributed by atoms with Crippen LogP contribution in [0.1, 0.15) is 31.9 Å². The van der Waals surface area contributed by atoms with Crippen molar-refractivity contribution in [2.75, 3.05) is 26.2 Å². The molecule has 2 heterocycles. The average Bonchev–Trinajstić information content (AvgIpc) is 2.92. The summed E-state index contributed by atoms with van der Waals surface area (Å²) in [6, 6.07) is 4.78. The molecule has 4 rings (SSSR count). The summed E-state index contributed by atoms with van der Waals surface area (Å²) in [4.78, 5) is 16.1. The summed E-state index contributed by atoms with van der Waals surface area (Å²) < 4.78 is 56.3. The van der Waals surface area contributed by atoms with Gasteiger partial charge in [0.25, 0.3) is 0 Å². The second-order valence-electron chi connectivity index (χ2n) is 9.33. The van der Waals surface area contributed by atoms with Gasteiger partial charge in [0.2, 0.25) is 0 Å². The Labute approximate surface area is 190 Å². The first-order chi connectivity index (χ1) is 15.6. The van der Waals surface area contributed by atoms with E-state index in [0.717, 1.165) is 12.1 Å². The fraction of sp³-hybridized carbons (Fsp3) is 0.458. The lowest BCUT2D eigenvalue weighted by molar-refractivity contribution is -0.00164. The average molecular weight is 464 g/mol. The first-order valence-corrected chi connectivity index (χ1v) is 10.8. The molecule has 0 unspecified atom stereocenters. The number of rotatable bonds is 2. The first-order valence-electron chi connectivity index (χ1n) is 10.8. The van der Waals surface area contributed by atoms with Crippen molar-refractivity contribution in [3.63, 3.8) is 0 Å². The van der Waals surface area contributed by atoms with Crippen molar-refractivity contribution in [2.24, 2.45) is 0 Å². The van der Waals surface area contributed by atoms with Gasteiger partial charge in [-0.2, -0.15) is 0 Å². The number of aliphatic hydroxyl groups excluding tert-OH is 1. The van der Waals surface area contributed by atoms with Crippen LogP contribution in [0.4, 0.5) is 18.0 Å². The number of carbonyl (C=O) groups is 1. The number of ether oxygens (including phenoxy) is 2. The molecule has 1 amide bonds. The molecular formula is C24H27F3N2O4. The van der Waals surface area contributed by atoms with E-state index in [1.807, 2.05) is 4.90 Å². The Morgan fingerprint density at radius 2 is 1.94 bits per heavy atom. The molecule has 2 aromatic carbocycles. The highest BCUT2D eigenvalue weighted by Gasteiger charge is 2.36. The normalized spacial score (nSPS) is 18.8. The fourth-order valence-electron chi connectivity index (χ4n) is 4.28. The largest absolute Gasteiger partial charge is 0.488 e. The topological polar surface area (TPSA) is 62.2 Å². The minimum Gasteiger partial charge on any atom is -0.488 e. The molecule has 1 fully saturated rings. The van der Waals surface area contributed by atoms with Crippen LogP contribution in [0, 0.1) is 17.5 Å². The number of fused-ring (bicyclic) bond motifs is 2. The number of piperazine rings is 1. The molecule has 0 saturated carbocycles. The van der Waals surface area contributed by atoms with Crippen LogP contribution in [0.2, 0.25) is 0 Å². The molecule has 33 heavy (non-hydrogen) atoms. The number of aliphatic hydroxyl groups is 1. The van der Waals surface area contributed by atoms with Gasteiger partial charge >= 0.3 is 6.09 Å². The van der Waals surface area contributed by atoms with E-state index in [4.69, 9.17) is 9.47 Å². The standard InChI is InChI=1S/C24H27F3N2O4/c1-24(2,3)33-23(31)29-8-7-28-10-15-9-18(26)20(19-14(12-30)5-4-6-17(19)25)21(27)22(15)32-13-16(28)11-29/h4-6,9,16,30H,7-8,10-13H2,1-3H3/t16-/m1/s1. The highest BCUT2D eigenvalue weighted by molar-refractivity contribution is 5.72. The molecule has 2 aliphatic rings. The third-order valence-corrected chi connectivity index (χ3v) is 5.82. The number of amides is 1. The molecule has 2 aromatic rings. The van der Waals surface area contributed by atoms with E-state index < -0.39 is 41.3 Å². The minimum atomic E-state index is -1.01. The Bertz CT molecular complexity index is 1070. The second kappa shape index (κ2) is 8.87. The molecule has 1 atom stereocenters. The lowest BCUT2D eigenvalue weighted by atomic mass is 9.96. The van der Waals surface area contributed by atoms with E-state index in [-0.39, 0.29) is 36.1 Å². The fourth-order valence-corrected chi connectivity index (χ4v) is 4.28. The van der Waals surface area contributed by atoms with Gasteiger partial charge in [-0.15, -0.1) is 0 Å². The zero-order valence-corrected chi connectivity index (χ0v) is 18.8. The second-order valence-corrected chi connectivity index (χ2v) is 9.33. The summed E-state index contributed by atoms with van der Waals surface area (Å²) in [5, 5.41) is 9.56. The molecule has 9 heteroatoms. The molecule has 1 saturated heterocycles. The van der Waals surface area contributed by atoms with E-state index in [1.54, 1.807) is 25.7 Å². The number of hydrogen-bond donors (Lipinski definition) is 1. The summed E-state index contributed by atoms with van der Waals surface area (Å²) in [7, 11) is 0. The summed E-state index contributed by atoms with van der Waals surface area (Å²) in [6.45, 7) is 6.32. The summed E-state index contributed by atoms with van der Waals surface area (Å²) >= 11 is 0. The van der Waals surface area contributed by atoms with Gasteiger partial charge in [0.15, 0.2) is 11.6 Å². The smallest absolute Gasteiger partial charge is 0.410 e. The molecule has 6 nitrogen and oxygen atoms in total. The Kier molecular flexibility index (Phi) is 6.28. The van der Waals surface area contributed by atoms with Crippen LogP contribution in [0.25, 0.3) is 11.1 Å². The van der Waals surface area contributed by atoms with Crippen LogP contribution in [-0.2, 0) is 17.9 Å². The number of nitrogens with zero attached hydrogens (tertiary/aromatic N) is 2. The van der Waals surface area contributed by atoms with Crippen LogP contribution in [0.15, 0.2) is 24.3 Å². The van der Waals surface area contributed by atoms with Gasteiger partial charge in [-0.05, 0) is 38.5 Å². The van der Waals surface area contributed by atoms with Gasteiger partial charge in [0.1, 0.15) is 23.8 Å². The van der Waals surface area contributed by atoms with Crippen molar-refractivity contribution in [2.45, 2.75) is 45.6 Å². The van der Waals surface area contributed by atoms with Crippen molar-refractivity contribution in [3.8, 4) is 16.9 Å². The van der Waals surface area contributed by atoms with Gasteiger partial charge < -0.3 is 19.5 Å². The zero-order chi connectivity index (χ0) is 23.9. The van der Waals surface area contributed by atoms with Gasteiger partial charge in [-0.25, -0.2) is 18.0 Å². The van der Waals surface area contributed by atoms with Crippen LogP contribution in [-0.4, -0.2) is 58.9 Å². The third kappa shape index (κ3) is 4.65. The zero-order valence-electron chi connectivity index (χ0n) is 18.8. The molecule has 178 valence electrons. The van der Waals surface area contributed by atoms with Crippen molar-refractivity contribution < 1.29 is 32.5 Å². The Hall–Kier alpha value is -2.78. The van der Waals surface area contributed by atoms with Crippen molar-refractivity contribution in [1.82, 2.24) is 9.80 Å². The highest BCUT2D eigenvalue weighted by atomic mass is 19.1. The Morgan fingerprint density at radius 1 is 1.18 bits per heavy atom. The maximum absolute atomic E-state index is 15.5. The van der Waals surface area contributed by atoms with E-state index >= 15 is 8.78 Å². The summed E-state index contributed by atoms with van der Waals surface area (Å²) in [5.41, 5.74) is -1.12. The first kappa shape index (κ1) is 23.4. The van der Waals surface area contributed by atoms with Gasteiger partial charge in [0.05, 0.1) is 18.2 Å². The van der Waals surface area contributed by atoms with Crippen molar-refractivity contribution >= 4 is 6.09 Å². The van der Waals surface area contributed by atoms with Crippen molar-refractivity contribution in [3.05, 3.63) is 52.8 Å². The number of hydrogen-bond acceptors (Lipinski definition) is 5. The molecule has 1 N–H and O–H groups in total. The minimum absolute atomic E-state index is 0.0679. The highest BCUT2D eigenvalue weighted by Crippen LogP contribution is 2.39. The summed E-state index contributed by atoms with van der Waals surface area (Å²) in [6.07, 6.45) is -0.431. The van der Waals surface area contributed by atoms with Crippen LogP contribution >= 0.6 is 0 Å².